The number of carbonyl (C=O) groups is 1. The molecule has 0 saturated carbocycles. The zero-order valence-corrected chi connectivity index (χ0v) is 19.6. The molecule has 0 bridgehead atoms. The van der Waals surface area contributed by atoms with E-state index in [0.29, 0.717) is 41.2 Å². The number of ether oxygens (including phenoxy) is 2. The molecule has 0 aromatic heterocycles. The van der Waals surface area contributed by atoms with Crippen molar-refractivity contribution in [1.29, 1.82) is 5.26 Å². The first-order valence-corrected chi connectivity index (χ1v) is 11.0. The Hall–Kier alpha value is -3.64. The summed E-state index contributed by atoms with van der Waals surface area (Å²) >= 11 is 6.32. The molecule has 2 aromatic carbocycles. The summed E-state index contributed by atoms with van der Waals surface area (Å²) in [4.78, 5) is 14.5. The van der Waals surface area contributed by atoms with Gasteiger partial charge in [0.15, 0.2) is 17.3 Å². The van der Waals surface area contributed by atoms with Crippen LogP contribution in [-0.2, 0) is 11.0 Å². The smallest absolute Gasteiger partial charge is 0.416 e. The van der Waals surface area contributed by atoms with Crippen molar-refractivity contribution < 1.29 is 27.4 Å². The van der Waals surface area contributed by atoms with Gasteiger partial charge in [-0.3, -0.25) is 9.69 Å². The Balaban J connectivity index is 1.98. The van der Waals surface area contributed by atoms with Gasteiger partial charge in [0.05, 0.1) is 48.1 Å². The third kappa shape index (κ3) is 4.19. The molecule has 2 aliphatic rings. The lowest BCUT2D eigenvalue weighted by Crippen LogP contribution is -2.39. The number of rotatable bonds is 4. The SMILES string of the molecule is COc1ccc(C2C(C#N)=C(N)N(c3cc(C(F)(F)F)ccc3Cl)C3=C2C(=O)CCC3)cc1OC. The molecule has 4 rings (SSSR count). The number of hydrogen-bond acceptors (Lipinski definition) is 6. The molecule has 1 unspecified atom stereocenters. The molecule has 1 atom stereocenters. The predicted octanol–water partition coefficient (Wildman–Crippen LogP) is 5.68. The molecule has 2 N–H and O–H groups in total. The van der Waals surface area contributed by atoms with E-state index < -0.39 is 17.7 Å². The third-order valence-electron chi connectivity index (χ3n) is 6.17. The zero-order chi connectivity index (χ0) is 25.5. The molecule has 182 valence electrons. The summed E-state index contributed by atoms with van der Waals surface area (Å²) < 4.78 is 51.1. The summed E-state index contributed by atoms with van der Waals surface area (Å²) in [5.41, 5.74) is 6.81. The number of ketones is 1. The van der Waals surface area contributed by atoms with E-state index in [-0.39, 0.29) is 34.3 Å². The molecule has 1 heterocycles. The molecule has 1 aliphatic carbocycles. The Morgan fingerprint density at radius 1 is 1.11 bits per heavy atom. The van der Waals surface area contributed by atoms with Crippen LogP contribution in [0.2, 0.25) is 5.02 Å². The topological polar surface area (TPSA) is 88.6 Å². The molecule has 1 aliphatic heterocycles. The fourth-order valence-corrected chi connectivity index (χ4v) is 4.79. The van der Waals surface area contributed by atoms with Gasteiger partial charge < -0.3 is 15.2 Å². The molecule has 0 spiro atoms. The van der Waals surface area contributed by atoms with E-state index >= 15 is 0 Å². The number of benzene rings is 2. The van der Waals surface area contributed by atoms with Crippen molar-refractivity contribution in [1.82, 2.24) is 0 Å². The fourth-order valence-electron chi connectivity index (χ4n) is 4.59. The van der Waals surface area contributed by atoms with Crippen LogP contribution in [0.5, 0.6) is 11.5 Å². The van der Waals surface area contributed by atoms with Crippen molar-refractivity contribution in [2.45, 2.75) is 31.4 Å². The summed E-state index contributed by atoms with van der Waals surface area (Å²) in [5.74, 6) is -0.247. The number of carbonyl (C=O) groups excluding carboxylic acids is 1. The van der Waals surface area contributed by atoms with E-state index in [9.17, 15) is 23.2 Å². The van der Waals surface area contributed by atoms with Crippen LogP contribution in [0, 0.1) is 11.3 Å². The second-order valence-electron chi connectivity index (χ2n) is 8.09. The number of methoxy groups -OCH3 is 2. The summed E-state index contributed by atoms with van der Waals surface area (Å²) in [6.45, 7) is 0. The maximum Gasteiger partial charge on any atom is 0.416 e. The number of hydrogen-bond donors (Lipinski definition) is 1. The Morgan fingerprint density at radius 2 is 1.83 bits per heavy atom. The molecular weight excluding hydrogens is 483 g/mol. The number of Topliss-reactive ketones (excluding diaryl/α,β-unsaturated/α-hetero) is 1. The minimum Gasteiger partial charge on any atom is -0.493 e. The quantitative estimate of drug-likeness (QED) is 0.577. The number of nitrogens with zero attached hydrogens (tertiary/aromatic N) is 2. The van der Waals surface area contributed by atoms with Gasteiger partial charge in [-0.05, 0) is 48.7 Å². The fraction of sp³-hybridized carbons (Fsp3) is 0.280. The number of nitriles is 1. The standard InChI is InChI=1S/C25H21ClF3N3O3/c1-34-20-9-6-13(10-21(20)35-2)22-15(12-30)24(31)32(17-4-3-5-19(33)23(17)22)18-11-14(25(27,28)29)7-8-16(18)26/h6-11,22H,3-5,31H2,1-2H3. The van der Waals surface area contributed by atoms with Crippen LogP contribution in [0.4, 0.5) is 18.9 Å². The third-order valence-corrected chi connectivity index (χ3v) is 6.49. The van der Waals surface area contributed by atoms with Crippen molar-refractivity contribution in [3.63, 3.8) is 0 Å². The Labute approximate surface area is 205 Å². The first-order valence-electron chi connectivity index (χ1n) is 10.7. The van der Waals surface area contributed by atoms with Gasteiger partial charge in [-0.15, -0.1) is 0 Å². The molecular formula is C25H21ClF3N3O3. The lowest BCUT2D eigenvalue weighted by Gasteiger charge is -2.40. The molecule has 0 saturated heterocycles. The number of nitrogens with two attached hydrogens (primary N) is 1. The van der Waals surface area contributed by atoms with Crippen LogP contribution in [0.15, 0.2) is 59.1 Å². The summed E-state index contributed by atoms with van der Waals surface area (Å²) in [6.07, 6.45) is -3.52. The van der Waals surface area contributed by atoms with Crippen molar-refractivity contribution in [3.8, 4) is 17.6 Å². The van der Waals surface area contributed by atoms with Crippen molar-refractivity contribution in [3.05, 3.63) is 75.2 Å². The van der Waals surface area contributed by atoms with Crippen LogP contribution < -0.4 is 20.1 Å². The van der Waals surface area contributed by atoms with E-state index in [1.807, 2.05) is 0 Å². The lowest BCUT2D eigenvalue weighted by molar-refractivity contribution is -0.137. The highest BCUT2D eigenvalue weighted by Gasteiger charge is 2.41. The summed E-state index contributed by atoms with van der Waals surface area (Å²) in [7, 11) is 2.95. The van der Waals surface area contributed by atoms with E-state index in [0.717, 1.165) is 18.2 Å². The summed E-state index contributed by atoms with van der Waals surface area (Å²) in [5, 5.41) is 10.1. The second kappa shape index (κ2) is 9.19. The van der Waals surface area contributed by atoms with Crippen LogP contribution in [0.3, 0.4) is 0 Å². The first-order chi connectivity index (χ1) is 16.6. The largest absolute Gasteiger partial charge is 0.493 e. The average Bonchev–Trinajstić information content (AvgIpc) is 2.83. The van der Waals surface area contributed by atoms with Crippen LogP contribution in [0.1, 0.15) is 36.3 Å². The van der Waals surface area contributed by atoms with Gasteiger partial charge in [-0.2, -0.15) is 18.4 Å². The molecule has 0 fully saturated rings. The number of halogens is 4. The van der Waals surface area contributed by atoms with Crippen molar-refractivity contribution in [2.24, 2.45) is 5.73 Å². The van der Waals surface area contributed by atoms with Gasteiger partial charge in [0.1, 0.15) is 5.82 Å². The van der Waals surface area contributed by atoms with Gasteiger partial charge in [0.2, 0.25) is 0 Å². The van der Waals surface area contributed by atoms with E-state index in [4.69, 9.17) is 26.8 Å². The molecule has 35 heavy (non-hydrogen) atoms. The minimum atomic E-state index is -4.62. The highest BCUT2D eigenvalue weighted by molar-refractivity contribution is 6.33. The van der Waals surface area contributed by atoms with Crippen molar-refractivity contribution in [2.75, 3.05) is 19.1 Å². The van der Waals surface area contributed by atoms with Crippen molar-refractivity contribution >= 4 is 23.1 Å². The highest BCUT2D eigenvalue weighted by Crippen LogP contribution is 2.49. The Kier molecular flexibility index (Phi) is 6.43. The van der Waals surface area contributed by atoms with Crippen LogP contribution >= 0.6 is 11.6 Å². The maximum atomic E-state index is 13.5. The van der Waals surface area contributed by atoms with Crippen LogP contribution in [0.25, 0.3) is 0 Å². The highest BCUT2D eigenvalue weighted by atomic mass is 35.5. The van der Waals surface area contributed by atoms with Gasteiger partial charge in [0, 0.05) is 17.7 Å². The number of anilines is 1. The summed E-state index contributed by atoms with van der Waals surface area (Å²) in [6, 6.07) is 9.97. The zero-order valence-electron chi connectivity index (χ0n) is 18.9. The lowest BCUT2D eigenvalue weighted by atomic mass is 9.75. The monoisotopic (exact) mass is 503 g/mol. The molecule has 0 radical (unpaired) electrons. The van der Waals surface area contributed by atoms with Crippen LogP contribution in [-0.4, -0.2) is 20.0 Å². The van der Waals surface area contributed by atoms with E-state index in [1.54, 1.807) is 18.2 Å². The Bertz CT molecular complexity index is 1310. The van der Waals surface area contributed by atoms with Gasteiger partial charge in [-0.25, -0.2) is 0 Å². The Morgan fingerprint density at radius 3 is 2.46 bits per heavy atom. The molecule has 0 amide bonds. The van der Waals surface area contributed by atoms with E-state index in [2.05, 4.69) is 6.07 Å². The van der Waals surface area contributed by atoms with E-state index in [1.165, 1.54) is 19.1 Å². The predicted molar refractivity (Wildman–Crippen MR) is 124 cm³/mol. The average molecular weight is 504 g/mol. The minimum absolute atomic E-state index is 0.00711. The second-order valence-corrected chi connectivity index (χ2v) is 8.50. The van der Waals surface area contributed by atoms with Gasteiger partial charge >= 0.3 is 6.18 Å². The van der Waals surface area contributed by atoms with Gasteiger partial charge in [0.25, 0.3) is 0 Å². The number of allylic oxidation sites excluding steroid dienone is 3. The molecule has 6 nitrogen and oxygen atoms in total. The van der Waals surface area contributed by atoms with Gasteiger partial charge in [-0.1, -0.05) is 17.7 Å². The first kappa shape index (κ1) is 24.5. The normalized spacial score (nSPS) is 18.4. The molecule has 2 aromatic rings. The maximum absolute atomic E-state index is 13.5. The number of alkyl halides is 3. The molecule has 10 heteroatoms.